The predicted octanol–water partition coefficient (Wildman–Crippen LogP) is 3.20. The third kappa shape index (κ3) is 5.41. The highest BCUT2D eigenvalue weighted by Crippen LogP contribution is 2.22. The van der Waals surface area contributed by atoms with Crippen molar-refractivity contribution in [3.8, 4) is 0 Å². The molecule has 0 amide bonds. The number of aryl methyl sites for hydroxylation is 1. The van der Waals surface area contributed by atoms with Gasteiger partial charge >= 0.3 is 0 Å². The summed E-state index contributed by atoms with van der Waals surface area (Å²) in [5.41, 5.74) is 3.17. The topological polar surface area (TPSA) is 62.3 Å². The predicted molar refractivity (Wildman–Crippen MR) is 106 cm³/mol. The van der Waals surface area contributed by atoms with Crippen molar-refractivity contribution in [1.82, 2.24) is 9.71 Å². The van der Waals surface area contributed by atoms with E-state index in [-0.39, 0.29) is 0 Å². The first-order valence-corrected chi connectivity index (χ1v) is 10.5. The second-order valence-corrected chi connectivity index (χ2v) is 8.40. The molecule has 1 aliphatic heterocycles. The molecule has 2 heterocycles. The molecule has 0 saturated carbocycles. The van der Waals surface area contributed by atoms with Crippen molar-refractivity contribution in [2.75, 3.05) is 24.5 Å². The molecule has 0 bridgehead atoms. The fourth-order valence-electron chi connectivity index (χ4n) is 3.06. The molecule has 0 unspecified atom stereocenters. The van der Waals surface area contributed by atoms with Gasteiger partial charge in [-0.1, -0.05) is 29.8 Å². The number of rotatable bonds is 6. The maximum Gasteiger partial charge on any atom is 0.233 e. The molecular weight excluding hydrogens is 346 g/mol. The Labute approximate surface area is 155 Å². The fraction of sp³-hybridized carbons (Fsp3) is 0.350. The molecule has 2 aromatic rings. The van der Waals surface area contributed by atoms with Gasteiger partial charge in [-0.05, 0) is 49.5 Å². The number of nitrogens with zero attached hydrogens (tertiary/aromatic N) is 2. The highest BCUT2D eigenvalue weighted by atomic mass is 32.2. The van der Waals surface area contributed by atoms with Crippen LogP contribution in [0.25, 0.3) is 6.08 Å². The average Bonchev–Trinajstić information content (AvgIpc) is 2.67. The summed E-state index contributed by atoms with van der Waals surface area (Å²) in [6.45, 7) is 4.35. The van der Waals surface area contributed by atoms with Gasteiger partial charge in [0, 0.05) is 31.2 Å². The smallest absolute Gasteiger partial charge is 0.233 e. The van der Waals surface area contributed by atoms with Crippen LogP contribution in [0.1, 0.15) is 24.0 Å². The summed E-state index contributed by atoms with van der Waals surface area (Å²) in [5, 5.41) is 1.25. The van der Waals surface area contributed by atoms with E-state index in [2.05, 4.69) is 20.7 Å². The van der Waals surface area contributed by atoms with E-state index in [1.54, 1.807) is 12.3 Å². The molecule has 138 valence electrons. The van der Waals surface area contributed by atoms with E-state index in [1.807, 2.05) is 43.5 Å². The van der Waals surface area contributed by atoms with Gasteiger partial charge in [-0.3, -0.25) is 4.98 Å². The maximum atomic E-state index is 12.2. The van der Waals surface area contributed by atoms with Crippen LogP contribution in [0, 0.1) is 12.8 Å². The molecule has 1 N–H and O–H groups in total. The van der Waals surface area contributed by atoms with Gasteiger partial charge < -0.3 is 4.90 Å². The Morgan fingerprint density at radius 2 is 1.92 bits per heavy atom. The van der Waals surface area contributed by atoms with Crippen LogP contribution in [0.5, 0.6) is 0 Å². The summed E-state index contributed by atoms with van der Waals surface area (Å²) in [7, 11) is -3.41. The first kappa shape index (κ1) is 18.6. The Morgan fingerprint density at radius 3 is 2.58 bits per heavy atom. The van der Waals surface area contributed by atoms with E-state index in [1.165, 1.54) is 5.41 Å². The summed E-state index contributed by atoms with van der Waals surface area (Å²) in [4.78, 5) is 6.46. The minimum Gasteiger partial charge on any atom is -0.370 e. The van der Waals surface area contributed by atoms with Gasteiger partial charge in [-0.2, -0.15) is 0 Å². The molecule has 5 nitrogen and oxygen atoms in total. The molecule has 6 heteroatoms. The summed E-state index contributed by atoms with van der Waals surface area (Å²) in [5.74, 6) is 0.366. The van der Waals surface area contributed by atoms with Crippen molar-refractivity contribution in [2.24, 2.45) is 5.92 Å². The molecule has 0 spiro atoms. The van der Waals surface area contributed by atoms with E-state index in [9.17, 15) is 8.42 Å². The standard InChI is InChI=1S/C20H25N3O2S/c1-17-4-6-18(7-5-17)10-14-26(24,25)22-15-19-8-12-23(13-9-19)20-3-2-11-21-16-20/h2-7,10-11,14,16,19,22H,8-9,12-13,15H2,1H3. The lowest BCUT2D eigenvalue weighted by molar-refractivity contribution is 0.402. The van der Waals surface area contributed by atoms with Gasteiger partial charge in [0.05, 0.1) is 11.9 Å². The molecular formula is C20H25N3O2S. The Kier molecular flexibility index (Phi) is 6.06. The number of hydrogen-bond donors (Lipinski definition) is 1. The third-order valence-electron chi connectivity index (χ3n) is 4.72. The van der Waals surface area contributed by atoms with E-state index >= 15 is 0 Å². The first-order chi connectivity index (χ1) is 12.5. The van der Waals surface area contributed by atoms with Crippen LogP contribution >= 0.6 is 0 Å². The van der Waals surface area contributed by atoms with Crippen molar-refractivity contribution in [3.05, 3.63) is 65.3 Å². The number of hydrogen-bond acceptors (Lipinski definition) is 4. The zero-order valence-electron chi connectivity index (χ0n) is 15.0. The SMILES string of the molecule is Cc1ccc(C=CS(=O)(=O)NCC2CCN(c3cccnc3)CC2)cc1. The van der Waals surface area contributed by atoms with Gasteiger partial charge in [0.25, 0.3) is 0 Å². The third-order valence-corrected chi connectivity index (χ3v) is 5.78. The highest BCUT2D eigenvalue weighted by molar-refractivity contribution is 7.92. The van der Waals surface area contributed by atoms with Gasteiger partial charge in [-0.25, -0.2) is 13.1 Å². The van der Waals surface area contributed by atoms with Gasteiger partial charge in [0.1, 0.15) is 0 Å². The monoisotopic (exact) mass is 371 g/mol. The Balaban J connectivity index is 1.47. The van der Waals surface area contributed by atoms with Crippen LogP contribution in [-0.4, -0.2) is 33.0 Å². The number of nitrogens with one attached hydrogen (secondary N) is 1. The molecule has 1 saturated heterocycles. The molecule has 0 aliphatic carbocycles. The fourth-order valence-corrected chi connectivity index (χ4v) is 3.96. The molecule has 1 aromatic heterocycles. The first-order valence-electron chi connectivity index (χ1n) is 8.91. The van der Waals surface area contributed by atoms with E-state index in [0.29, 0.717) is 12.5 Å². The Morgan fingerprint density at radius 1 is 1.19 bits per heavy atom. The molecule has 3 rings (SSSR count). The lowest BCUT2D eigenvalue weighted by Gasteiger charge is -2.33. The summed E-state index contributed by atoms with van der Waals surface area (Å²) in [6.07, 6.45) is 7.22. The summed E-state index contributed by atoms with van der Waals surface area (Å²) >= 11 is 0. The average molecular weight is 372 g/mol. The number of benzene rings is 1. The Bertz CT molecular complexity index is 825. The van der Waals surface area contributed by atoms with Crippen molar-refractivity contribution in [1.29, 1.82) is 0 Å². The maximum absolute atomic E-state index is 12.2. The van der Waals surface area contributed by atoms with E-state index in [4.69, 9.17) is 0 Å². The van der Waals surface area contributed by atoms with Crippen molar-refractivity contribution in [2.45, 2.75) is 19.8 Å². The Hall–Kier alpha value is -2.18. The van der Waals surface area contributed by atoms with E-state index in [0.717, 1.165) is 42.7 Å². The van der Waals surface area contributed by atoms with Crippen LogP contribution in [0.3, 0.4) is 0 Å². The van der Waals surface area contributed by atoms with Gasteiger partial charge in [0.15, 0.2) is 0 Å². The molecule has 1 fully saturated rings. The molecule has 0 radical (unpaired) electrons. The largest absolute Gasteiger partial charge is 0.370 e. The van der Waals surface area contributed by atoms with Crippen LogP contribution in [-0.2, 0) is 10.0 Å². The van der Waals surface area contributed by atoms with Crippen LogP contribution in [0.2, 0.25) is 0 Å². The molecule has 1 aromatic carbocycles. The lowest BCUT2D eigenvalue weighted by atomic mass is 9.97. The van der Waals surface area contributed by atoms with Crippen molar-refractivity contribution >= 4 is 21.8 Å². The van der Waals surface area contributed by atoms with Crippen LogP contribution in [0.15, 0.2) is 54.2 Å². The molecule has 0 atom stereocenters. The second kappa shape index (κ2) is 8.47. The molecule has 26 heavy (non-hydrogen) atoms. The van der Waals surface area contributed by atoms with Gasteiger partial charge in [0.2, 0.25) is 10.0 Å². The summed E-state index contributed by atoms with van der Waals surface area (Å²) < 4.78 is 27.1. The number of pyridine rings is 1. The normalized spacial score (nSPS) is 16.3. The van der Waals surface area contributed by atoms with Crippen molar-refractivity contribution in [3.63, 3.8) is 0 Å². The minimum absolute atomic E-state index is 0.366. The lowest BCUT2D eigenvalue weighted by Crippen LogP contribution is -2.38. The summed E-state index contributed by atoms with van der Waals surface area (Å²) in [6, 6.07) is 11.8. The number of aromatic nitrogens is 1. The van der Waals surface area contributed by atoms with Gasteiger partial charge in [-0.15, -0.1) is 0 Å². The van der Waals surface area contributed by atoms with Crippen LogP contribution < -0.4 is 9.62 Å². The number of anilines is 1. The number of piperidine rings is 1. The highest BCUT2D eigenvalue weighted by Gasteiger charge is 2.20. The molecule has 1 aliphatic rings. The zero-order valence-corrected chi connectivity index (χ0v) is 15.8. The second-order valence-electron chi connectivity index (χ2n) is 6.75. The van der Waals surface area contributed by atoms with Crippen molar-refractivity contribution < 1.29 is 8.42 Å². The number of sulfonamides is 1. The van der Waals surface area contributed by atoms with Crippen LogP contribution in [0.4, 0.5) is 5.69 Å². The zero-order chi connectivity index (χ0) is 18.4. The quantitative estimate of drug-likeness (QED) is 0.847. The van der Waals surface area contributed by atoms with E-state index < -0.39 is 10.0 Å². The minimum atomic E-state index is -3.41.